The number of carbonyl (C=O) groups excluding carboxylic acids is 1. The number of carboxylic acids is 1. The fraction of sp³-hybridized carbons (Fsp3) is 0.429. The lowest BCUT2D eigenvalue weighted by atomic mass is 9.90. The van der Waals surface area contributed by atoms with E-state index >= 15 is 0 Å². The summed E-state index contributed by atoms with van der Waals surface area (Å²) in [5, 5.41) is 9.26. The van der Waals surface area contributed by atoms with Crippen LogP contribution in [-0.2, 0) is 4.79 Å². The first-order valence-corrected chi connectivity index (χ1v) is 6.30. The number of piperidine rings is 1. The number of likely N-dealkylation sites (tertiary alicyclic amines) is 1. The third kappa shape index (κ3) is 2.75. The molecule has 0 saturated carbocycles. The second kappa shape index (κ2) is 5.38. The molecule has 1 amide bonds. The Balaban J connectivity index is 2.28. The molecular formula is C14H16FNO3. The van der Waals surface area contributed by atoms with Gasteiger partial charge in [0.1, 0.15) is 11.9 Å². The monoisotopic (exact) mass is 265 g/mol. The van der Waals surface area contributed by atoms with Gasteiger partial charge in [-0.3, -0.25) is 4.79 Å². The maximum absolute atomic E-state index is 13.1. The van der Waals surface area contributed by atoms with Gasteiger partial charge in [-0.1, -0.05) is 13.0 Å². The number of rotatable bonds is 2. The molecule has 102 valence electrons. The van der Waals surface area contributed by atoms with Gasteiger partial charge >= 0.3 is 5.97 Å². The molecule has 0 spiro atoms. The molecule has 0 radical (unpaired) electrons. The van der Waals surface area contributed by atoms with E-state index in [2.05, 4.69) is 0 Å². The number of hydrogen-bond donors (Lipinski definition) is 1. The van der Waals surface area contributed by atoms with Crippen LogP contribution in [0.25, 0.3) is 0 Å². The standard InChI is InChI=1S/C14H16FNO3/c1-9-4-3-7-16(12(9)14(18)19)13(17)10-5-2-6-11(15)8-10/h2,5-6,8-9,12H,3-4,7H2,1H3,(H,18,19). The van der Waals surface area contributed by atoms with E-state index in [9.17, 15) is 19.1 Å². The minimum Gasteiger partial charge on any atom is -0.480 e. The fourth-order valence-electron chi connectivity index (χ4n) is 2.58. The van der Waals surface area contributed by atoms with Crippen LogP contribution < -0.4 is 0 Å². The number of carbonyl (C=O) groups is 2. The molecule has 19 heavy (non-hydrogen) atoms. The lowest BCUT2D eigenvalue weighted by Crippen LogP contribution is -2.51. The van der Waals surface area contributed by atoms with Crippen LogP contribution in [0.4, 0.5) is 4.39 Å². The number of amides is 1. The number of benzene rings is 1. The zero-order valence-corrected chi connectivity index (χ0v) is 10.7. The normalized spacial score (nSPS) is 23.2. The van der Waals surface area contributed by atoms with E-state index in [0.29, 0.717) is 6.54 Å². The van der Waals surface area contributed by atoms with Crippen molar-refractivity contribution in [1.29, 1.82) is 0 Å². The van der Waals surface area contributed by atoms with E-state index in [0.717, 1.165) is 18.9 Å². The average molecular weight is 265 g/mol. The highest BCUT2D eigenvalue weighted by Gasteiger charge is 2.37. The van der Waals surface area contributed by atoms with Crippen molar-refractivity contribution in [2.75, 3.05) is 6.54 Å². The summed E-state index contributed by atoms with van der Waals surface area (Å²) in [5.41, 5.74) is 0.195. The molecule has 0 aromatic heterocycles. The van der Waals surface area contributed by atoms with Crippen LogP contribution in [0.15, 0.2) is 24.3 Å². The molecule has 1 N–H and O–H groups in total. The van der Waals surface area contributed by atoms with Gasteiger partial charge in [-0.2, -0.15) is 0 Å². The third-order valence-corrected chi connectivity index (χ3v) is 3.52. The molecule has 0 bridgehead atoms. The van der Waals surface area contributed by atoms with Crippen molar-refractivity contribution in [3.63, 3.8) is 0 Å². The number of halogens is 1. The molecular weight excluding hydrogens is 249 g/mol. The minimum absolute atomic E-state index is 0.0937. The van der Waals surface area contributed by atoms with Crippen LogP contribution in [0.3, 0.4) is 0 Å². The van der Waals surface area contributed by atoms with Gasteiger partial charge in [0.2, 0.25) is 0 Å². The smallest absolute Gasteiger partial charge is 0.326 e. The molecule has 1 aliphatic rings. The number of hydrogen-bond acceptors (Lipinski definition) is 2. The first kappa shape index (κ1) is 13.5. The Hall–Kier alpha value is -1.91. The predicted octanol–water partition coefficient (Wildman–Crippen LogP) is 2.15. The van der Waals surface area contributed by atoms with Crippen LogP contribution in [-0.4, -0.2) is 34.5 Å². The highest BCUT2D eigenvalue weighted by atomic mass is 19.1. The second-order valence-corrected chi connectivity index (χ2v) is 4.91. The molecule has 5 heteroatoms. The summed E-state index contributed by atoms with van der Waals surface area (Å²) < 4.78 is 13.1. The van der Waals surface area contributed by atoms with E-state index in [1.54, 1.807) is 0 Å². The lowest BCUT2D eigenvalue weighted by molar-refractivity contribution is -0.145. The van der Waals surface area contributed by atoms with Crippen LogP contribution in [0, 0.1) is 11.7 Å². The Bertz CT molecular complexity index is 503. The Morgan fingerprint density at radius 1 is 1.42 bits per heavy atom. The molecule has 1 aromatic rings. The Labute approximate surface area is 110 Å². The predicted molar refractivity (Wildman–Crippen MR) is 67.3 cm³/mol. The van der Waals surface area contributed by atoms with Gasteiger partial charge in [0, 0.05) is 12.1 Å². The maximum Gasteiger partial charge on any atom is 0.326 e. The number of carboxylic acid groups (broad SMARTS) is 1. The van der Waals surface area contributed by atoms with Crippen LogP contribution in [0.5, 0.6) is 0 Å². The summed E-state index contributed by atoms with van der Waals surface area (Å²) in [4.78, 5) is 25.0. The van der Waals surface area contributed by atoms with Gasteiger partial charge in [-0.25, -0.2) is 9.18 Å². The highest BCUT2D eigenvalue weighted by molar-refractivity contribution is 5.96. The minimum atomic E-state index is -1.00. The zero-order valence-electron chi connectivity index (χ0n) is 10.7. The van der Waals surface area contributed by atoms with Gasteiger partial charge in [0.05, 0.1) is 0 Å². The molecule has 2 atom stereocenters. The molecule has 1 saturated heterocycles. The van der Waals surface area contributed by atoms with Crippen molar-refractivity contribution in [3.05, 3.63) is 35.6 Å². The summed E-state index contributed by atoms with van der Waals surface area (Å²) in [5.74, 6) is -2.01. The van der Waals surface area contributed by atoms with Crippen molar-refractivity contribution < 1.29 is 19.1 Å². The van der Waals surface area contributed by atoms with Crippen LogP contribution in [0.1, 0.15) is 30.1 Å². The molecule has 1 aliphatic heterocycles. The third-order valence-electron chi connectivity index (χ3n) is 3.52. The van der Waals surface area contributed by atoms with Gasteiger partial charge in [-0.15, -0.1) is 0 Å². The summed E-state index contributed by atoms with van der Waals surface area (Å²) in [7, 11) is 0. The van der Waals surface area contributed by atoms with Crippen molar-refractivity contribution in [2.45, 2.75) is 25.8 Å². The molecule has 1 aromatic carbocycles. The second-order valence-electron chi connectivity index (χ2n) is 4.91. The van der Waals surface area contributed by atoms with E-state index in [1.165, 1.54) is 23.1 Å². The van der Waals surface area contributed by atoms with Crippen molar-refractivity contribution in [2.24, 2.45) is 5.92 Å². The van der Waals surface area contributed by atoms with Crippen molar-refractivity contribution >= 4 is 11.9 Å². The van der Waals surface area contributed by atoms with Gasteiger partial charge in [0.25, 0.3) is 5.91 Å². The van der Waals surface area contributed by atoms with Crippen LogP contribution >= 0.6 is 0 Å². The van der Waals surface area contributed by atoms with Crippen molar-refractivity contribution in [3.8, 4) is 0 Å². The van der Waals surface area contributed by atoms with Gasteiger partial charge in [-0.05, 0) is 37.0 Å². The van der Waals surface area contributed by atoms with E-state index in [-0.39, 0.29) is 11.5 Å². The Kier molecular flexibility index (Phi) is 3.83. The first-order valence-electron chi connectivity index (χ1n) is 6.30. The summed E-state index contributed by atoms with van der Waals surface area (Å²) >= 11 is 0. The molecule has 1 heterocycles. The Morgan fingerprint density at radius 2 is 2.16 bits per heavy atom. The topological polar surface area (TPSA) is 57.6 Å². The van der Waals surface area contributed by atoms with Gasteiger partial charge < -0.3 is 10.0 Å². The molecule has 0 aliphatic carbocycles. The highest BCUT2D eigenvalue weighted by Crippen LogP contribution is 2.25. The Morgan fingerprint density at radius 3 is 2.79 bits per heavy atom. The first-order chi connectivity index (χ1) is 9.00. The molecule has 4 nitrogen and oxygen atoms in total. The van der Waals surface area contributed by atoms with Gasteiger partial charge in [0.15, 0.2) is 0 Å². The summed E-state index contributed by atoms with van der Waals surface area (Å²) in [6, 6.07) is 4.52. The summed E-state index contributed by atoms with van der Waals surface area (Å²) in [6.07, 6.45) is 1.55. The van der Waals surface area contributed by atoms with E-state index in [1.807, 2.05) is 6.92 Å². The molecule has 2 rings (SSSR count). The summed E-state index contributed by atoms with van der Waals surface area (Å²) in [6.45, 7) is 2.22. The number of nitrogens with zero attached hydrogens (tertiary/aromatic N) is 1. The van der Waals surface area contributed by atoms with E-state index in [4.69, 9.17) is 0 Å². The fourth-order valence-corrected chi connectivity index (χ4v) is 2.58. The van der Waals surface area contributed by atoms with Crippen molar-refractivity contribution in [1.82, 2.24) is 4.90 Å². The zero-order chi connectivity index (χ0) is 14.0. The van der Waals surface area contributed by atoms with Crippen LogP contribution in [0.2, 0.25) is 0 Å². The maximum atomic E-state index is 13.1. The molecule has 2 unspecified atom stereocenters. The van der Waals surface area contributed by atoms with E-state index < -0.39 is 23.7 Å². The largest absolute Gasteiger partial charge is 0.480 e. The SMILES string of the molecule is CC1CCCN(C(=O)c2cccc(F)c2)C1C(=O)O. The average Bonchev–Trinajstić information content (AvgIpc) is 2.37. The quantitative estimate of drug-likeness (QED) is 0.891. The lowest BCUT2D eigenvalue weighted by Gasteiger charge is -2.37. The molecule has 1 fully saturated rings. The number of aliphatic carboxylic acids is 1.